The van der Waals surface area contributed by atoms with Gasteiger partial charge >= 0.3 is 0 Å². The van der Waals surface area contributed by atoms with Gasteiger partial charge < -0.3 is 10.1 Å². The molecule has 2 aromatic carbocycles. The lowest BCUT2D eigenvalue weighted by Gasteiger charge is -2.11. The van der Waals surface area contributed by atoms with Crippen molar-refractivity contribution in [3.63, 3.8) is 0 Å². The zero-order valence-electron chi connectivity index (χ0n) is 12.2. The molecule has 2 rings (SSSR count). The van der Waals surface area contributed by atoms with Crippen LogP contribution in [0.2, 0.25) is 10.0 Å². The van der Waals surface area contributed by atoms with Crippen molar-refractivity contribution >= 4 is 28.9 Å². The molecule has 1 N–H and O–H groups in total. The summed E-state index contributed by atoms with van der Waals surface area (Å²) in [6.45, 7) is 5.44. The molecule has 2 nitrogen and oxygen atoms in total. The van der Waals surface area contributed by atoms with Crippen molar-refractivity contribution in [3.8, 4) is 5.75 Å². The SMILES string of the molecule is CCCOc1ccc(NCc2ccc(C)c(Cl)c2)cc1Cl. The second kappa shape index (κ2) is 7.58. The summed E-state index contributed by atoms with van der Waals surface area (Å²) in [5.74, 6) is 0.724. The first-order valence-electron chi connectivity index (χ1n) is 7.01. The first kappa shape index (κ1) is 16.0. The van der Waals surface area contributed by atoms with Crippen LogP contribution in [0, 0.1) is 6.92 Å². The second-order valence-corrected chi connectivity index (χ2v) is 5.75. The Bertz CT molecular complexity index is 614. The highest BCUT2D eigenvalue weighted by molar-refractivity contribution is 6.32. The number of anilines is 1. The Hall–Kier alpha value is -1.38. The van der Waals surface area contributed by atoms with Crippen LogP contribution in [0.25, 0.3) is 0 Å². The van der Waals surface area contributed by atoms with Crippen LogP contribution in [0.1, 0.15) is 24.5 Å². The van der Waals surface area contributed by atoms with E-state index >= 15 is 0 Å². The van der Waals surface area contributed by atoms with Gasteiger partial charge in [-0.25, -0.2) is 0 Å². The number of halogens is 2. The topological polar surface area (TPSA) is 21.3 Å². The molecule has 0 saturated carbocycles. The fourth-order valence-electron chi connectivity index (χ4n) is 1.89. The Kier molecular flexibility index (Phi) is 5.77. The van der Waals surface area contributed by atoms with Gasteiger partial charge in [-0.3, -0.25) is 0 Å². The Labute approximate surface area is 136 Å². The number of hydrogen-bond acceptors (Lipinski definition) is 2. The van der Waals surface area contributed by atoms with Gasteiger partial charge in [0, 0.05) is 17.3 Å². The maximum Gasteiger partial charge on any atom is 0.138 e. The lowest BCUT2D eigenvalue weighted by molar-refractivity contribution is 0.317. The first-order chi connectivity index (χ1) is 10.1. The summed E-state index contributed by atoms with van der Waals surface area (Å²) in [6, 6.07) is 11.8. The Morgan fingerprint density at radius 3 is 2.52 bits per heavy atom. The molecule has 0 radical (unpaired) electrons. The standard InChI is InChI=1S/C17H19Cl2NO/c1-3-8-21-17-7-6-14(10-16(17)19)20-11-13-5-4-12(2)15(18)9-13/h4-7,9-10,20H,3,8,11H2,1-2H3. The predicted octanol–water partition coefficient (Wildman–Crippen LogP) is 5.70. The van der Waals surface area contributed by atoms with Crippen molar-refractivity contribution in [2.45, 2.75) is 26.8 Å². The minimum absolute atomic E-state index is 0.621. The first-order valence-corrected chi connectivity index (χ1v) is 7.77. The van der Waals surface area contributed by atoms with Crippen LogP contribution >= 0.6 is 23.2 Å². The third kappa shape index (κ3) is 4.55. The number of nitrogens with one attached hydrogen (secondary N) is 1. The summed E-state index contributed by atoms with van der Waals surface area (Å²) in [6.07, 6.45) is 0.963. The highest BCUT2D eigenvalue weighted by Gasteiger charge is 2.03. The van der Waals surface area contributed by atoms with Crippen molar-refractivity contribution in [1.82, 2.24) is 0 Å². The summed E-state index contributed by atoms with van der Waals surface area (Å²) in [4.78, 5) is 0. The van der Waals surface area contributed by atoms with Gasteiger partial charge in [0.05, 0.1) is 11.6 Å². The van der Waals surface area contributed by atoms with Gasteiger partial charge in [0.1, 0.15) is 5.75 Å². The maximum absolute atomic E-state index is 6.21. The van der Waals surface area contributed by atoms with E-state index in [1.165, 1.54) is 0 Å². The molecule has 0 spiro atoms. The molecule has 0 saturated heterocycles. The molecule has 0 atom stereocenters. The second-order valence-electron chi connectivity index (χ2n) is 4.93. The minimum Gasteiger partial charge on any atom is -0.492 e. The van der Waals surface area contributed by atoms with E-state index in [1.54, 1.807) is 0 Å². The van der Waals surface area contributed by atoms with E-state index in [0.29, 0.717) is 18.2 Å². The molecule has 0 aromatic heterocycles. The molecule has 2 aromatic rings. The van der Waals surface area contributed by atoms with E-state index in [1.807, 2.05) is 37.3 Å². The van der Waals surface area contributed by atoms with Crippen molar-refractivity contribution in [2.24, 2.45) is 0 Å². The fourth-order valence-corrected chi connectivity index (χ4v) is 2.33. The third-order valence-electron chi connectivity index (χ3n) is 3.13. The highest BCUT2D eigenvalue weighted by atomic mass is 35.5. The Balaban J connectivity index is 1.99. The molecule has 0 aliphatic heterocycles. The van der Waals surface area contributed by atoms with Crippen molar-refractivity contribution in [3.05, 3.63) is 57.6 Å². The van der Waals surface area contributed by atoms with E-state index in [4.69, 9.17) is 27.9 Å². The molecule has 0 heterocycles. The van der Waals surface area contributed by atoms with E-state index in [0.717, 1.165) is 34.0 Å². The third-order valence-corrected chi connectivity index (χ3v) is 3.83. The van der Waals surface area contributed by atoms with Gasteiger partial charge in [-0.15, -0.1) is 0 Å². The van der Waals surface area contributed by atoms with Gasteiger partial charge in [0.25, 0.3) is 0 Å². The highest BCUT2D eigenvalue weighted by Crippen LogP contribution is 2.28. The number of hydrogen-bond donors (Lipinski definition) is 1. The van der Waals surface area contributed by atoms with Crippen LogP contribution in [0.4, 0.5) is 5.69 Å². The van der Waals surface area contributed by atoms with Gasteiger partial charge in [0.2, 0.25) is 0 Å². The molecule has 0 unspecified atom stereocenters. The largest absolute Gasteiger partial charge is 0.492 e. The summed E-state index contributed by atoms with van der Waals surface area (Å²) in [7, 11) is 0. The van der Waals surface area contributed by atoms with E-state index in [-0.39, 0.29) is 0 Å². The monoisotopic (exact) mass is 323 g/mol. The number of benzene rings is 2. The zero-order chi connectivity index (χ0) is 15.2. The van der Waals surface area contributed by atoms with Crippen LogP contribution in [0.15, 0.2) is 36.4 Å². The van der Waals surface area contributed by atoms with Gasteiger partial charge in [-0.1, -0.05) is 42.3 Å². The van der Waals surface area contributed by atoms with E-state index in [9.17, 15) is 0 Å². The van der Waals surface area contributed by atoms with Crippen LogP contribution in [-0.4, -0.2) is 6.61 Å². The van der Waals surface area contributed by atoms with Crippen LogP contribution in [0.3, 0.4) is 0 Å². The lowest BCUT2D eigenvalue weighted by Crippen LogP contribution is -2.00. The molecule has 0 fully saturated rings. The van der Waals surface area contributed by atoms with Crippen molar-refractivity contribution in [2.75, 3.05) is 11.9 Å². The van der Waals surface area contributed by atoms with Crippen LogP contribution in [0.5, 0.6) is 5.75 Å². The number of ether oxygens (including phenoxy) is 1. The smallest absolute Gasteiger partial charge is 0.138 e. The van der Waals surface area contributed by atoms with Gasteiger partial charge in [0.15, 0.2) is 0 Å². The molecule has 0 aliphatic rings. The average molecular weight is 324 g/mol. The predicted molar refractivity (Wildman–Crippen MR) is 90.8 cm³/mol. The van der Waals surface area contributed by atoms with Crippen LogP contribution in [-0.2, 0) is 6.54 Å². The zero-order valence-corrected chi connectivity index (χ0v) is 13.8. The molecule has 0 bridgehead atoms. The van der Waals surface area contributed by atoms with E-state index in [2.05, 4.69) is 18.3 Å². The Morgan fingerprint density at radius 1 is 1.05 bits per heavy atom. The number of aryl methyl sites for hydroxylation is 1. The van der Waals surface area contributed by atoms with Crippen LogP contribution < -0.4 is 10.1 Å². The fraction of sp³-hybridized carbons (Fsp3) is 0.294. The summed E-state index contributed by atoms with van der Waals surface area (Å²) in [5.41, 5.74) is 3.18. The molecular weight excluding hydrogens is 305 g/mol. The lowest BCUT2D eigenvalue weighted by atomic mass is 10.1. The normalized spacial score (nSPS) is 10.5. The average Bonchev–Trinajstić information content (AvgIpc) is 2.47. The molecule has 0 amide bonds. The Morgan fingerprint density at radius 2 is 1.86 bits per heavy atom. The maximum atomic E-state index is 6.21. The molecule has 4 heteroatoms. The number of rotatable bonds is 6. The molecule has 21 heavy (non-hydrogen) atoms. The molecule has 112 valence electrons. The summed E-state index contributed by atoms with van der Waals surface area (Å²) < 4.78 is 5.56. The quantitative estimate of drug-likeness (QED) is 0.735. The van der Waals surface area contributed by atoms with Gasteiger partial charge in [-0.05, 0) is 48.7 Å². The van der Waals surface area contributed by atoms with Gasteiger partial charge in [-0.2, -0.15) is 0 Å². The summed E-state index contributed by atoms with van der Waals surface area (Å²) >= 11 is 12.3. The minimum atomic E-state index is 0.621. The summed E-state index contributed by atoms with van der Waals surface area (Å²) in [5, 5.41) is 4.74. The molecule has 0 aliphatic carbocycles. The van der Waals surface area contributed by atoms with E-state index < -0.39 is 0 Å². The molecular formula is C17H19Cl2NO. The van der Waals surface area contributed by atoms with Crippen molar-refractivity contribution in [1.29, 1.82) is 0 Å². The van der Waals surface area contributed by atoms with Crippen molar-refractivity contribution < 1.29 is 4.74 Å².